The normalized spacial score (nSPS) is 10.5. The lowest BCUT2D eigenvalue weighted by Gasteiger charge is -1.98. The number of non-ortho nitro benzene ring substituents is 1. The Kier molecular flexibility index (Phi) is 2.09. The van der Waals surface area contributed by atoms with E-state index in [2.05, 4.69) is 10.1 Å². The molecule has 0 unspecified atom stereocenters. The molecule has 0 spiro atoms. The molecule has 0 aliphatic rings. The molecular weight excluding hydrogens is 224 g/mol. The average molecular weight is 227 g/mol. The van der Waals surface area contributed by atoms with Crippen LogP contribution in [0.25, 0.3) is 11.0 Å². The molecule has 1 aromatic carbocycles. The summed E-state index contributed by atoms with van der Waals surface area (Å²) in [7, 11) is 0. The van der Waals surface area contributed by atoms with Gasteiger partial charge in [0.1, 0.15) is 5.52 Å². The first kappa shape index (κ1) is 9.53. The molecule has 0 radical (unpaired) electrons. The Bertz CT molecular complexity index is 559. The van der Waals surface area contributed by atoms with Gasteiger partial charge < -0.3 is 5.21 Å². The molecule has 7 nitrogen and oxygen atoms in total. The summed E-state index contributed by atoms with van der Waals surface area (Å²) in [6.45, 7) is 0. The van der Waals surface area contributed by atoms with E-state index >= 15 is 0 Å². The van der Waals surface area contributed by atoms with Gasteiger partial charge in [-0.15, -0.1) is 0 Å². The van der Waals surface area contributed by atoms with Crippen LogP contribution in [-0.4, -0.2) is 15.0 Å². The lowest BCUT2D eigenvalue weighted by molar-refractivity contribution is -0.643. The van der Waals surface area contributed by atoms with Gasteiger partial charge in [-0.25, -0.2) is 4.98 Å². The minimum atomic E-state index is -0.579. The summed E-state index contributed by atoms with van der Waals surface area (Å²) in [4.78, 5) is 13.9. The molecule has 0 aliphatic carbocycles. The summed E-state index contributed by atoms with van der Waals surface area (Å²) in [5, 5.41) is 24.7. The number of rotatable bonds is 1. The third-order valence-corrected chi connectivity index (χ3v) is 1.92. The summed E-state index contributed by atoms with van der Waals surface area (Å²) < 4.78 is 0. The zero-order valence-corrected chi connectivity index (χ0v) is 7.88. The fourth-order valence-electron chi connectivity index (χ4n) is 1.13. The molecular formula is C7H3ClN4O3. The third kappa shape index (κ3) is 1.64. The molecule has 8 heteroatoms. The van der Waals surface area contributed by atoms with E-state index in [-0.39, 0.29) is 26.8 Å². The second kappa shape index (κ2) is 3.28. The lowest BCUT2D eigenvalue weighted by atomic mass is 10.3. The Labute approximate surface area is 87.7 Å². The van der Waals surface area contributed by atoms with Crippen molar-refractivity contribution in [3.8, 4) is 0 Å². The van der Waals surface area contributed by atoms with Gasteiger partial charge in [-0.3, -0.25) is 10.1 Å². The standard InChI is InChI=1S/C7H3ClN4O3/c8-7-9-5-3-4(12(14)15)1-2-6(5)11(13)10-7/h1-3H. The average Bonchev–Trinajstić information content (AvgIpc) is 2.16. The zero-order chi connectivity index (χ0) is 11.0. The molecule has 15 heavy (non-hydrogen) atoms. The first-order chi connectivity index (χ1) is 7.08. The molecule has 2 aromatic rings. The van der Waals surface area contributed by atoms with Crippen LogP contribution in [0.1, 0.15) is 0 Å². The molecule has 76 valence electrons. The number of nitrogens with zero attached hydrogens (tertiary/aromatic N) is 4. The van der Waals surface area contributed by atoms with Crippen molar-refractivity contribution in [1.82, 2.24) is 10.1 Å². The molecule has 0 atom stereocenters. The second-order valence-corrected chi connectivity index (χ2v) is 3.02. The number of hydrogen-bond donors (Lipinski definition) is 0. The summed E-state index contributed by atoms with van der Waals surface area (Å²) in [6.07, 6.45) is 0. The first-order valence-electron chi connectivity index (χ1n) is 3.79. The van der Waals surface area contributed by atoms with E-state index in [1.54, 1.807) is 0 Å². The molecule has 0 N–H and O–H groups in total. The second-order valence-electron chi connectivity index (χ2n) is 2.68. The van der Waals surface area contributed by atoms with Crippen LogP contribution in [0.5, 0.6) is 0 Å². The number of benzene rings is 1. The molecule has 0 saturated heterocycles. The van der Waals surface area contributed by atoms with Crippen molar-refractivity contribution in [2.75, 3.05) is 0 Å². The van der Waals surface area contributed by atoms with Crippen LogP contribution in [0.15, 0.2) is 18.2 Å². The van der Waals surface area contributed by atoms with Crippen LogP contribution >= 0.6 is 11.6 Å². The molecule has 1 aromatic heterocycles. The van der Waals surface area contributed by atoms with Crippen LogP contribution in [0.4, 0.5) is 5.69 Å². The summed E-state index contributed by atoms with van der Waals surface area (Å²) in [6, 6.07) is 3.64. The van der Waals surface area contributed by atoms with Gasteiger partial charge in [-0.2, -0.15) is 0 Å². The van der Waals surface area contributed by atoms with Crippen molar-refractivity contribution in [3.63, 3.8) is 0 Å². The van der Waals surface area contributed by atoms with Crippen molar-refractivity contribution in [2.24, 2.45) is 0 Å². The Balaban J connectivity index is 2.76. The SMILES string of the molecule is O=[N+]([O-])c1ccc2c(c1)nc(Cl)n[n+]2[O-]. The highest BCUT2D eigenvalue weighted by atomic mass is 35.5. The maximum absolute atomic E-state index is 11.2. The van der Waals surface area contributed by atoms with Crippen molar-refractivity contribution < 1.29 is 9.77 Å². The highest BCUT2D eigenvalue weighted by molar-refractivity contribution is 6.28. The van der Waals surface area contributed by atoms with Crippen molar-refractivity contribution in [2.45, 2.75) is 0 Å². The van der Waals surface area contributed by atoms with Crippen LogP contribution in [-0.2, 0) is 0 Å². The smallest absolute Gasteiger partial charge is 0.290 e. The molecule has 0 fully saturated rings. The predicted molar refractivity (Wildman–Crippen MR) is 50.2 cm³/mol. The van der Waals surface area contributed by atoms with Crippen molar-refractivity contribution in [1.29, 1.82) is 0 Å². The van der Waals surface area contributed by atoms with Gasteiger partial charge in [0, 0.05) is 23.3 Å². The topological polar surface area (TPSA) is 95.9 Å². The van der Waals surface area contributed by atoms with Gasteiger partial charge in [0.05, 0.1) is 4.92 Å². The fourth-order valence-corrected chi connectivity index (χ4v) is 1.29. The highest BCUT2D eigenvalue weighted by Gasteiger charge is 2.14. The van der Waals surface area contributed by atoms with Gasteiger partial charge in [0.2, 0.25) is 0 Å². The fraction of sp³-hybridized carbons (Fsp3) is 0. The molecule has 0 aliphatic heterocycles. The monoisotopic (exact) mass is 226 g/mol. The van der Waals surface area contributed by atoms with E-state index in [0.717, 1.165) is 6.07 Å². The van der Waals surface area contributed by atoms with Gasteiger partial charge >= 0.3 is 0 Å². The number of hydrogen-bond acceptors (Lipinski definition) is 5. The van der Waals surface area contributed by atoms with Crippen LogP contribution in [0.3, 0.4) is 0 Å². The van der Waals surface area contributed by atoms with Crippen LogP contribution in [0.2, 0.25) is 5.28 Å². The number of nitro benzene ring substituents is 1. The minimum absolute atomic E-state index is 0.130. The van der Waals surface area contributed by atoms with E-state index < -0.39 is 4.92 Å². The Morgan fingerprint density at radius 3 is 2.87 bits per heavy atom. The molecule has 2 rings (SSSR count). The van der Waals surface area contributed by atoms with E-state index in [9.17, 15) is 15.3 Å². The van der Waals surface area contributed by atoms with Crippen LogP contribution in [0, 0.1) is 15.3 Å². The van der Waals surface area contributed by atoms with Crippen LogP contribution < -0.4 is 4.85 Å². The maximum atomic E-state index is 11.2. The predicted octanol–water partition coefficient (Wildman–Crippen LogP) is 0.825. The van der Waals surface area contributed by atoms with Gasteiger partial charge in [0.15, 0.2) is 0 Å². The Morgan fingerprint density at radius 2 is 2.20 bits per heavy atom. The van der Waals surface area contributed by atoms with E-state index in [1.165, 1.54) is 12.1 Å². The number of halogens is 1. The highest BCUT2D eigenvalue weighted by Crippen LogP contribution is 2.16. The van der Waals surface area contributed by atoms with Gasteiger partial charge in [-0.1, -0.05) is 0 Å². The Morgan fingerprint density at radius 1 is 1.47 bits per heavy atom. The van der Waals surface area contributed by atoms with E-state index in [0.29, 0.717) is 0 Å². The third-order valence-electron chi connectivity index (χ3n) is 1.76. The van der Waals surface area contributed by atoms with E-state index in [4.69, 9.17) is 11.6 Å². The Hall–Kier alpha value is -2.02. The van der Waals surface area contributed by atoms with Crippen molar-refractivity contribution >= 4 is 28.3 Å². The summed E-state index contributed by atoms with van der Waals surface area (Å²) in [5.74, 6) is 0. The molecule has 1 heterocycles. The zero-order valence-electron chi connectivity index (χ0n) is 7.12. The van der Waals surface area contributed by atoms with Crippen molar-refractivity contribution in [3.05, 3.63) is 38.8 Å². The van der Waals surface area contributed by atoms with Gasteiger partial charge in [0.25, 0.3) is 16.5 Å². The summed E-state index contributed by atoms with van der Waals surface area (Å²) >= 11 is 5.44. The largest absolute Gasteiger partial charge is 0.594 e. The lowest BCUT2D eigenvalue weighted by Crippen LogP contribution is -2.32. The molecule has 0 amide bonds. The quantitative estimate of drug-likeness (QED) is 0.310. The van der Waals surface area contributed by atoms with Gasteiger partial charge in [-0.05, 0) is 16.4 Å². The van der Waals surface area contributed by atoms with E-state index in [1.807, 2.05) is 0 Å². The number of fused-ring (bicyclic) bond motifs is 1. The molecule has 0 saturated carbocycles. The maximum Gasteiger partial charge on any atom is 0.290 e. The number of nitro groups is 1. The minimum Gasteiger partial charge on any atom is -0.594 e. The number of aromatic nitrogens is 3. The first-order valence-corrected chi connectivity index (χ1v) is 4.17. The molecule has 0 bridgehead atoms. The summed E-state index contributed by atoms with van der Waals surface area (Å²) in [5.41, 5.74) is 0.112.